The van der Waals surface area contributed by atoms with Gasteiger partial charge in [-0.2, -0.15) is 0 Å². The van der Waals surface area contributed by atoms with Crippen molar-refractivity contribution in [2.45, 2.75) is 186 Å². The fourth-order valence-corrected chi connectivity index (χ4v) is 11.6. The monoisotopic (exact) mass is 1080 g/mol. The summed E-state index contributed by atoms with van der Waals surface area (Å²) in [6.45, 7) is 18.0. The molecule has 4 aliphatic heterocycles. The Morgan fingerprint density at radius 1 is 0.895 bits per heavy atom. The summed E-state index contributed by atoms with van der Waals surface area (Å²) >= 11 is 0. The molecule has 22 nitrogen and oxygen atoms in total. The number of carbonyl (C=O) groups is 5. The Bertz CT molecular complexity index is 2150. The van der Waals surface area contributed by atoms with Gasteiger partial charge in [-0.15, -0.1) is 0 Å². The number of aliphatic carboxylic acids is 1. The summed E-state index contributed by atoms with van der Waals surface area (Å²) in [5.41, 5.74) is -3.49. The number of carboxylic acids is 1. The van der Waals surface area contributed by atoms with Crippen LogP contribution in [-0.4, -0.2) is 205 Å². The lowest BCUT2D eigenvalue weighted by Crippen LogP contribution is -2.61. The number of nitrogens with zero attached hydrogens (tertiary/aromatic N) is 2. The number of esters is 2. The van der Waals surface area contributed by atoms with Gasteiger partial charge in [0.05, 0.1) is 42.4 Å². The van der Waals surface area contributed by atoms with E-state index in [2.05, 4.69) is 10.6 Å². The molecule has 7 N–H and O–H groups in total. The molecule has 1 aromatic rings. The van der Waals surface area contributed by atoms with E-state index in [4.69, 9.17) is 37.9 Å². The molecule has 4 aliphatic rings. The predicted octanol–water partition coefficient (Wildman–Crippen LogP) is 2.74. The number of cyclic esters (lactones) is 1. The second-order valence-electron chi connectivity index (χ2n) is 22.2. The molecule has 432 valence electrons. The van der Waals surface area contributed by atoms with Crippen LogP contribution < -0.4 is 15.5 Å². The second-order valence-corrected chi connectivity index (χ2v) is 22.2. The molecular formula is C54H88N4O18. The Balaban J connectivity index is 1.33. The van der Waals surface area contributed by atoms with Crippen molar-refractivity contribution >= 4 is 40.8 Å². The summed E-state index contributed by atoms with van der Waals surface area (Å²) in [4.78, 5) is 70.5. The van der Waals surface area contributed by atoms with Crippen LogP contribution in [0, 0.1) is 29.6 Å². The van der Waals surface area contributed by atoms with Crippen molar-refractivity contribution < 1.29 is 87.4 Å². The first-order chi connectivity index (χ1) is 35.6. The molecule has 0 spiro atoms. The lowest BCUT2D eigenvalue weighted by atomic mass is 9.74. The summed E-state index contributed by atoms with van der Waals surface area (Å²) in [5.74, 6) is -8.75. The molecule has 0 aliphatic carbocycles. The third kappa shape index (κ3) is 14.3. The van der Waals surface area contributed by atoms with E-state index in [1.165, 1.54) is 35.0 Å². The smallest absolute Gasteiger partial charge is 0.316 e. The molecule has 0 saturated carbocycles. The number of ketones is 2. The average Bonchev–Trinajstić information content (AvgIpc) is 3.37. The Morgan fingerprint density at radius 3 is 2.18 bits per heavy atom. The highest BCUT2D eigenvalue weighted by Crippen LogP contribution is 2.42. The van der Waals surface area contributed by atoms with E-state index in [9.17, 15) is 49.5 Å². The summed E-state index contributed by atoms with van der Waals surface area (Å²) in [5, 5.41) is 63.8. The number of rotatable bonds is 18. The third-order valence-corrected chi connectivity index (χ3v) is 16.2. The first-order valence-electron chi connectivity index (χ1n) is 26.8. The van der Waals surface area contributed by atoms with Gasteiger partial charge in [0, 0.05) is 101 Å². The Labute approximate surface area is 447 Å². The van der Waals surface area contributed by atoms with Gasteiger partial charge in [-0.1, -0.05) is 27.7 Å². The zero-order valence-corrected chi connectivity index (χ0v) is 47.0. The fourth-order valence-electron chi connectivity index (χ4n) is 11.6. The first-order valence-corrected chi connectivity index (χ1v) is 26.8. The van der Waals surface area contributed by atoms with Gasteiger partial charge >= 0.3 is 17.9 Å². The molecule has 0 bridgehead atoms. The number of carbonyl (C=O) groups excluding carboxylic acids is 4. The van der Waals surface area contributed by atoms with Crippen LogP contribution in [0.4, 0.5) is 11.4 Å². The first kappa shape index (κ1) is 62.9. The number of nitrogens with one attached hydrogen (secondary N) is 2. The standard InChI is InChI=1S/C54H88N4O18/c1-15-38-54(10,68)46(63)29(4)42(60)28(3)25-52(8,67)47(76-51-44(62)37(57(11)12)24-40(69-13)75-51)30(5)45(31(6)50(66)72-38)74-41-26-53(9,70-14)48(32(7)71-41)73-39(59)19-20-55-21-22-56-33-17-18-36-34(23-33)43(61)35(49(64)65)27-58(36)16-2/h17-18,23,28-32,35,37-38,40-41,44-48,51,55-56,62-63,67-68H,15-16,19-22,24-27H2,1-14H3,(H,64,65)/t28-,29+,30+,31-,32+,35?,37+,38-,40+,41?,44-,45+,46-,47-,48+,51?,52-,53-,54-/m1/s1. The van der Waals surface area contributed by atoms with Crippen molar-refractivity contribution in [3.63, 3.8) is 0 Å². The van der Waals surface area contributed by atoms with Crippen molar-refractivity contribution in [3.05, 3.63) is 23.8 Å². The molecule has 0 radical (unpaired) electrons. The van der Waals surface area contributed by atoms with Crippen LogP contribution in [-0.2, 0) is 57.1 Å². The van der Waals surface area contributed by atoms with Crippen molar-refractivity contribution in [1.82, 2.24) is 10.2 Å². The zero-order valence-electron chi connectivity index (χ0n) is 47.0. The lowest BCUT2D eigenvalue weighted by molar-refractivity contribution is -0.340. The number of Topliss-reactive ketones (excluding diaryl/α,β-unsaturated/α-hetero) is 2. The molecule has 1 aromatic carbocycles. The van der Waals surface area contributed by atoms with E-state index in [1.54, 1.807) is 61.7 Å². The number of aliphatic hydroxyl groups excluding tert-OH is 2. The topological polar surface area (TPSA) is 291 Å². The number of aliphatic hydroxyl groups is 4. The van der Waals surface area contributed by atoms with Crippen molar-refractivity contribution in [2.24, 2.45) is 29.6 Å². The van der Waals surface area contributed by atoms with Crippen LogP contribution in [0.2, 0.25) is 0 Å². The SMILES string of the molecule is CC[C@H]1OC(=O)[C@H](C)[C@@H](OC2C[C@@](C)(OC)[C@@H](OC(=O)CCNCCNc3ccc4c(c3)C(=O)C(C(=O)O)CN4CC)[C@H](C)O2)[C@H](C)[C@@H](OC2O[C@H](OC)C[C@H](N(C)C)[C@H]2O)[C@](C)(O)C[C@@H](C)C(=O)[C@H](C)[C@@H](O)[C@]1(C)O. The Hall–Kier alpha value is -3.91. The number of hydrogen-bond donors (Lipinski definition) is 7. The summed E-state index contributed by atoms with van der Waals surface area (Å²) < 4.78 is 49.8. The van der Waals surface area contributed by atoms with Crippen molar-refractivity contribution in [1.29, 1.82) is 0 Å². The van der Waals surface area contributed by atoms with Crippen LogP contribution in [0.5, 0.6) is 0 Å². The average molecular weight is 1080 g/mol. The molecule has 19 atom stereocenters. The minimum atomic E-state index is -2.07. The highest BCUT2D eigenvalue weighted by atomic mass is 16.8. The van der Waals surface area contributed by atoms with Gasteiger partial charge in [-0.05, 0) is 86.7 Å². The summed E-state index contributed by atoms with van der Waals surface area (Å²) in [6, 6.07) is 4.81. The quantitative estimate of drug-likeness (QED) is 0.0632. The van der Waals surface area contributed by atoms with Gasteiger partial charge < -0.3 is 83.9 Å². The number of ether oxygens (including phenoxy) is 8. The normalized spacial score (nSPS) is 39.0. The molecule has 76 heavy (non-hydrogen) atoms. The number of hydrogen-bond acceptors (Lipinski definition) is 21. The Morgan fingerprint density at radius 2 is 1.58 bits per heavy atom. The number of benzene rings is 1. The van der Waals surface area contributed by atoms with Crippen LogP contribution in [0.25, 0.3) is 0 Å². The highest BCUT2D eigenvalue weighted by molar-refractivity contribution is 6.13. The van der Waals surface area contributed by atoms with E-state index >= 15 is 0 Å². The van der Waals surface area contributed by atoms with E-state index in [-0.39, 0.29) is 38.8 Å². The van der Waals surface area contributed by atoms with Crippen molar-refractivity contribution in [2.75, 3.05) is 71.3 Å². The molecule has 5 rings (SSSR count). The number of fused-ring (bicyclic) bond motifs is 1. The maximum atomic E-state index is 14.5. The molecule has 4 heterocycles. The summed E-state index contributed by atoms with van der Waals surface area (Å²) in [7, 11) is 6.51. The number of carboxylic acid groups (broad SMARTS) is 1. The summed E-state index contributed by atoms with van der Waals surface area (Å²) in [6.07, 6.45) is -11.7. The van der Waals surface area contributed by atoms with Gasteiger partial charge in [0.15, 0.2) is 30.8 Å². The highest BCUT2D eigenvalue weighted by Gasteiger charge is 2.55. The van der Waals surface area contributed by atoms with Gasteiger partial charge in [-0.3, -0.25) is 24.0 Å². The lowest BCUT2D eigenvalue weighted by Gasteiger charge is -2.49. The molecule has 3 unspecified atom stereocenters. The maximum Gasteiger partial charge on any atom is 0.316 e. The number of likely N-dealkylation sites (N-methyl/N-ethyl adjacent to an activating group) is 1. The third-order valence-electron chi connectivity index (χ3n) is 16.2. The molecule has 0 amide bonds. The molecule has 3 fully saturated rings. The number of anilines is 2. The molecule has 3 saturated heterocycles. The van der Waals surface area contributed by atoms with E-state index in [0.29, 0.717) is 43.0 Å². The van der Waals surface area contributed by atoms with Crippen LogP contribution >= 0.6 is 0 Å². The van der Waals surface area contributed by atoms with Gasteiger partial charge in [0.1, 0.15) is 35.1 Å². The van der Waals surface area contributed by atoms with Crippen LogP contribution in [0.3, 0.4) is 0 Å². The van der Waals surface area contributed by atoms with Gasteiger partial charge in [-0.25, -0.2) is 0 Å². The predicted molar refractivity (Wildman–Crippen MR) is 277 cm³/mol. The minimum absolute atomic E-state index is 0.00807. The van der Waals surface area contributed by atoms with E-state index in [0.717, 1.165) is 0 Å². The maximum absolute atomic E-state index is 14.5. The number of methoxy groups -OCH3 is 2. The van der Waals surface area contributed by atoms with Crippen LogP contribution in [0.1, 0.15) is 112 Å². The molecule has 0 aromatic heterocycles. The molecule has 22 heteroatoms. The van der Waals surface area contributed by atoms with Crippen molar-refractivity contribution in [3.8, 4) is 0 Å². The van der Waals surface area contributed by atoms with E-state index < -0.39 is 144 Å². The van der Waals surface area contributed by atoms with Gasteiger partial charge in [0.2, 0.25) is 0 Å². The second kappa shape index (κ2) is 26.4. The zero-order chi connectivity index (χ0) is 56.8. The largest absolute Gasteiger partial charge is 0.481 e. The fraction of sp³-hybridized carbons (Fsp3) is 0.796. The minimum Gasteiger partial charge on any atom is -0.481 e. The van der Waals surface area contributed by atoms with Gasteiger partial charge in [0.25, 0.3) is 0 Å². The molecular weight excluding hydrogens is 993 g/mol. The Kier molecular flexibility index (Phi) is 21.8. The van der Waals surface area contributed by atoms with E-state index in [1.807, 2.05) is 28.9 Å². The van der Waals surface area contributed by atoms with Crippen LogP contribution in [0.15, 0.2) is 18.2 Å².